The van der Waals surface area contributed by atoms with Crippen molar-refractivity contribution in [2.45, 2.75) is 19.4 Å². The van der Waals surface area contributed by atoms with Crippen molar-refractivity contribution >= 4 is 22.7 Å². The van der Waals surface area contributed by atoms with Crippen LogP contribution in [0.2, 0.25) is 0 Å². The minimum atomic E-state index is 0.381. The number of fused-ring (bicyclic) bond motifs is 5. The maximum absolute atomic E-state index is 5.91. The van der Waals surface area contributed by atoms with Crippen LogP contribution in [-0.2, 0) is 11.3 Å². The smallest absolute Gasteiger partial charge is 0.114 e. The Morgan fingerprint density at radius 1 is 1.37 bits per heavy atom. The largest absolute Gasteiger partial charge is 0.357 e. The predicted octanol–water partition coefficient (Wildman–Crippen LogP) is 3.34. The number of hydrogen-bond acceptors (Lipinski definition) is 3. The molecular formula is C15H18N2OS. The number of thioether (sulfide) groups is 1. The van der Waals surface area contributed by atoms with Crippen molar-refractivity contribution < 1.29 is 4.84 Å². The average molecular weight is 274 g/mol. The summed E-state index contributed by atoms with van der Waals surface area (Å²) in [6.07, 6.45) is 1.08. The second kappa shape index (κ2) is 4.54. The summed E-state index contributed by atoms with van der Waals surface area (Å²) in [6, 6.07) is 9.02. The Hall–Kier alpha value is -0.970. The van der Waals surface area contributed by atoms with Crippen LogP contribution in [0, 0.1) is 5.92 Å². The van der Waals surface area contributed by atoms with Crippen molar-refractivity contribution in [3.05, 3.63) is 35.5 Å². The van der Waals surface area contributed by atoms with E-state index in [9.17, 15) is 0 Å². The van der Waals surface area contributed by atoms with E-state index in [4.69, 9.17) is 4.84 Å². The first kappa shape index (κ1) is 11.8. The molecule has 3 nitrogen and oxygen atoms in total. The molecule has 19 heavy (non-hydrogen) atoms. The lowest BCUT2D eigenvalue weighted by molar-refractivity contribution is -0.181. The lowest BCUT2D eigenvalue weighted by Gasteiger charge is -2.35. The van der Waals surface area contributed by atoms with Gasteiger partial charge in [-0.25, -0.2) is 0 Å². The van der Waals surface area contributed by atoms with Crippen LogP contribution in [0.15, 0.2) is 24.3 Å². The first-order valence-corrected chi connectivity index (χ1v) is 8.07. The monoisotopic (exact) mass is 274 g/mol. The number of nitrogens with zero attached hydrogens (tertiary/aromatic N) is 1. The minimum Gasteiger partial charge on any atom is -0.357 e. The fourth-order valence-corrected chi connectivity index (χ4v) is 4.25. The van der Waals surface area contributed by atoms with Crippen molar-refractivity contribution in [3.63, 3.8) is 0 Å². The Labute approximate surface area is 117 Å². The lowest BCUT2D eigenvalue weighted by Crippen LogP contribution is -2.37. The van der Waals surface area contributed by atoms with Gasteiger partial charge in [0.1, 0.15) is 5.94 Å². The Balaban J connectivity index is 1.88. The lowest BCUT2D eigenvalue weighted by atomic mass is 9.92. The molecule has 4 heteroatoms. The molecular weight excluding hydrogens is 256 g/mol. The van der Waals surface area contributed by atoms with E-state index in [1.165, 1.54) is 22.2 Å². The van der Waals surface area contributed by atoms with Crippen molar-refractivity contribution in [3.8, 4) is 0 Å². The Morgan fingerprint density at radius 2 is 2.26 bits per heavy atom. The van der Waals surface area contributed by atoms with Gasteiger partial charge in [0, 0.05) is 28.9 Å². The summed E-state index contributed by atoms with van der Waals surface area (Å²) >= 11 is 1.89. The van der Waals surface area contributed by atoms with Crippen LogP contribution < -0.4 is 0 Å². The summed E-state index contributed by atoms with van der Waals surface area (Å²) in [4.78, 5) is 9.55. The van der Waals surface area contributed by atoms with E-state index in [0.717, 1.165) is 24.7 Å². The number of hydroxylamine groups is 2. The SMILES string of the molecule is C[C@@H]1CSCON2CCc3c([nH]c4ccccc34)[C@H]12. The summed E-state index contributed by atoms with van der Waals surface area (Å²) < 4.78 is 0. The maximum atomic E-state index is 5.91. The molecule has 1 fully saturated rings. The molecule has 0 amide bonds. The van der Waals surface area contributed by atoms with Gasteiger partial charge in [0.25, 0.3) is 0 Å². The molecule has 0 bridgehead atoms. The number of para-hydroxylation sites is 1. The molecule has 0 aliphatic carbocycles. The third-order valence-corrected chi connectivity index (χ3v) is 5.29. The van der Waals surface area contributed by atoms with Gasteiger partial charge in [0.05, 0.1) is 6.04 Å². The standard InChI is InChI=1S/C15H18N2OS/c1-10-8-19-9-18-17-7-6-12-11-4-2-3-5-13(11)16-14(12)15(10)17/h2-5,10,15-16H,6-9H2,1H3/t10-,15+/m1/s1. The first-order chi connectivity index (χ1) is 9.34. The van der Waals surface area contributed by atoms with Gasteiger partial charge in [0.15, 0.2) is 0 Å². The van der Waals surface area contributed by atoms with Crippen LogP contribution in [0.25, 0.3) is 10.9 Å². The summed E-state index contributed by atoms with van der Waals surface area (Å²) in [7, 11) is 0. The fourth-order valence-electron chi connectivity index (χ4n) is 3.39. The van der Waals surface area contributed by atoms with Crippen molar-refractivity contribution in [2.75, 3.05) is 18.2 Å². The maximum Gasteiger partial charge on any atom is 0.114 e. The van der Waals surface area contributed by atoms with Crippen LogP contribution in [-0.4, -0.2) is 28.3 Å². The average Bonchev–Trinajstić information content (AvgIpc) is 2.70. The Kier molecular flexibility index (Phi) is 2.83. The van der Waals surface area contributed by atoms with Crippen LogP contribution in [0.1, 0.15) is 24.2 Å². The highest BCUT2D eigenvalue weighted by Gasteiger charge is 2.36. The van der Waals surface area contributed by atoms with Crippen LogP contribution in [0.5, 0.6) is 0 Å². The number of benzene rings is 1. The van der Waals surface area contributed by atoms with Crippen LogP contribution in [0.4, 0.5) is 0 Å². The highest BCUT2D eigenvalue weighted by Crippen LogP contribution is 2.41. The van der Waals surface area contributed by atoms with E-state index in [2.05, 4.69) is 41.2 Å². The molecule has 100 valence electrons. The number of rotatable bonds is 0. The molecule has 2 atom stereocenters. The van der Waals surface area contributed by atoms with E-state index in [0.29, 0.717) is 12.0 Å². The molecule has 0 unspecified atom stereocenters. The highest BCUT2D eigenvalue weighted by atomic mass is 32.2. The summed E-state index contributed by atoms with van der Waals surface area (Å²) in [6.45, 7) is 3.34. The molecule has 1 aromatic carbocycles. The molecule has 0 radical (unpaired) electrons. The normalized spacial score (nSPS) is 27.8. The predicted molar refractivity (Wildman–Crippen MR) is 79.0 cm³/mol. The molecule has 0 spiro atoms. The van der Waals surface area contributed by atoms with Crippen LogP contribution in [0.3, 0.4) is 0 Å². The molecule has 2 aliphatic rings. The summed E-state index contributed by atoms with van der Waals surface area (Å²) in [5.74, 6) is 2.56. The molecule has 1 saturated heterocycles. The third-order valence-electron chi connectivity index (χ3n) is 4.26. The number of aromatic amines is 1. The molecule has 3 heterocycles. The molecule has 2 aliphatic heterocycles. The molecule has 4 rings (SSSR count). The van der Waals surface area contributed by atoms with Crippen LogP contribution >= 0.6 is 11.8 Å². The van der Waals surface area contributed by atoms with Gasteiger partial charge in [-0.3, -0.25) is 4.84 Å². The van der Waals surface area contributed by atoms with E-state index < -0.39 is 0 Å². The van der Waals surface area contributed by atoms with Gasteiger partial charge in [-0.15, -0.1) is 11.8 Å². The number of hydrogen-bond donors (Lipinski definition) is 1. The van der Waals surface area contributed by atoms with E-state index in [-0.39, 0.29) is 0 Å². The van der Waals surface area contributed by atoms with Gasteiger partial charge in [-0.05, 0) is 24.0 Å². The fraction of sp³-hybridized carbons (Fsp3) is 0.467. The molecule has 0 saturated carbocycles. The van der Waals surface area contributed by atoms with Gasteiger partial charge in [-0.2, -0.15) is 5.06 Å². The quantitative estimate of drug-likeness (QED) is 0.798. The molecule has 2 aromatic rings. The van der Waals surface area contributed by atoms with Gasteiger partial charge in [0.2, 0.25) is 0 Å². The van der Waals surface area contributed by atoms with Gasteiger partial charge in [-0.1, -0.05) is 25.1 Å². The topological polar surface area (TPSA) is 28.3 Å². The molecule has 1 N–H and O–H groups in total. The zero-order valence-corrected chi connectivity index (χ0v) is 11.9. The minimum absolute atomic E-state index is 0.381. The van der Waals surface area contributed by atoms with E-state index in [1.54, 1.807) is 0 Å². The number of H-pyrrole nitrogens is 1. The second-order valence-corrected chi connectivity index (χ2v) is 6.47. The summed E-state index contributed by atoms with van der Waals surface area (Å²) in [5, 5.41) is 3.59. The van der Waals surface area contributed by atoms with Crippen molar-refractivity contribution in [2.24, 2.45) is 5.92 Å². The van der Waals surface area contributed by atoms with Crippen molar-refractivity contribution in [1.29, 1.82) is 0 Å². The third kappa shape index (κ3) is 1.82. The van der Waals surface area contributed by atoms with Gasteiger partial charge < -0.3 is 4.98 Å². The zero-order valence-electron chi connectivity index (χ0n) is 11.1. The first-order valence-electron chi connectivity index (χ1n) is 6.91. The second-order valence-electron chi connectivity index (χ2n) is 5.49. The molecule has 1 aromatic heterocycles. The number of aromatic nitrogens is 1. The Morgan fingerprint density at radius 3 is 3.21 bits per heavy atom. The highest BCUT2D eigenvalue weighted by molar-refractivity contribution is 7.99. The zero-order chi connectivity index (χ0) is 12.8. The van der Waals surface area contributed by atoms with E-state index in [1.807, 2.05) is 11.8 Å². The van der Waals surface area contributed by atoms with Crippen molar-refractivity contribution in [1.82, 2.24) is 10.0 Å². The van der Waals surface area contributed by atoms with E-state index >= 15 is 0 Å². The van der Waals surface area contributed by atoms with Gasteiger partial charge >= 0.3 is 0 Å². The number of nitrogens with one attached hydrogen (secondary N) is 1. The summed E-state index contributed by atoms with van der Waals surface area (Å²) in [5.41, 5.74) is 4.14. The Bertz CT molecular complexity index is 609.